The number of amides is 5. The van der Waals surface area contributed by atoms with Gasteiger partial charge in [-0.2, -0.15) is 0 Å². The summed E-state index contributed by atoms with van der Waals surface area (Å²) in [5.74, 6) is -1.38. The first-order valence-corrected chi connectivity index (χ1v) is 44.1. The van der Waals surface area contributed by atoms with Crippen molar-refractivity contribution in [1.29, 1.82) is 0 Å². The van der Waals surface area contributed by atoms with Crippen molar-refractivity contribution in [2.75, 3.05) is 0 Å². The highest BCUT2D eigenvalue weighted by atomic mass is 35.5. The SMILES string of the molecule is CC(C)Cc1cccc(-c2[nH]c(O)c3c2C(=O)N=C3c2cccc(C(C)(C)C)c2)c1.Cc1ccc(C2=NC(=O)c3c(-c4ccc(C)cc4)[nH]c(O)c32)cc1.O=C1N=C(c2ccc(-c3ccccc3)cc2)c2c(O)[nH]c(-c3ccc(-c4ccccc4)cc3)c21.O=C1N=C(c2ccc(Cl)cc2)c2c(O)[nH]c(-c3ccc(Cl)cc3)c21.O=C1N=C(c2ccccc2)c2c(O)[nH]c(-c3ccccc3)c21. The minimum Gasteiger partial charge on any atom is -0.494 e. The van der Waals surface area contributed by atoms with E-state index < -0.39 is 5.91 Å². The molecule has 0 radical (unpaired) electrons. The Balaban J connectivity index is 0.000000113. The summed E-state index contributed by atoms with van der Waals surface area (Å²) < 4.78 is 0. The van der Waals surface area contributed by atoms with Crippen LogP contribution in [0, 0.1) is 19.8 Å². The molecular formula is C112H86Cl2N10O10. The monoisotopic (exact) mass is 1800 g/mol. The first kappa shape index (κ1) is 88.0. The van der Waals surface area contributed by atoms with Crippen molar-refractivity contribution in [2.24, 2.45) is 30.9 Å². The number of rotatable bonds is 14. The van der Waals surface area contributed by atoms with Crippen LogP contribution in [-0.4, -0.2) is 109 Å². The van der Waals surface area contributed by atoms with E-state index in [4.69, 9.17) is 23.2 Å². The Morgan fingerprint density at radius 3 is 0.828 bits per heavy atom. The number of nitrogens with zero attached hydrogens (tertiary/aromatic N) is 5. The second kappa shape index (κ2) is 36.7. The van der Waals surface area contributed by atoms with Gasteiger partial charge < -0.3 is 50.5 Å². The van der Waals surface area contributed by atoms with Gasteiger partial charge in [0.15, 0.2) is 29.4 Å². The van der Waals surface area contributed by atoms with E-state index in [0.29, 0.717) is 134 Å². The quantitative estimate of drug-likeness (QED) is 0.0490. The van der Waals surface area contributed by atoms with E-state index in [-0.39, 0.29) is 58.4 Å². The predicted octanol–water partition coefficient (Wildman–Crippen LogP) is 24.6. The zero-order chi connectivity index (χ0) is 93.5. The molecular weight excluding hydrogens is 1720 g/mol. The Morgan fingerprint density at radius 1 is 0.261 bits per heavy atom. The first-order chi connectivity index (χ1) is 64.7. The van der Waals surface area contributed by atoms with Crippen LogP contribution in [0.2, 0.25) is 10.0 Å². The maximum absolute atomic E-state index is 12.9. The number of hydrogen-bond donors (Lipinski definition) is 10. The molecule has 0 fully saturated rings. The van der Waals surface area contributed by atoms with Crippen LogP contribution < -0.4 is 0 Å². The molecule has 5 aromatic heterocycles. The van der Waals surface area contributed by atoms with E-state index in [1.54, 1.807) is 48.5 Å². The highest BCUT2D eigenvalue weighted by molar-refractivity contribution is 6.35. The van der Waals surface area contributed by atoms with Gasteiger partial charge in [0.2, 0.25) is 0 Å². The van der Waals surface area contributed by atoms with Crippen molar-refractivity contribution in [3.63, 3.8) is 0 Å². The Kier molecular flexibility index (Phi) is 24.1. The number of carbonyl (C=O) groups excluding carboxylic acids is 5. The number of aromatic hydroxyl groups is 5. The fourth-order valence-electron chi connectivity index (χ4n) is 17.1. The molecule has 10 heterocycles. The number of aliphatic imine (C=N–C) groups is 5. The molecule has 0 saturated heterocycles. The lowest BCUT2D eigenvalue weighted by molar-refractivity contribution is 0.0998. The second-order valence-electron chi connectivity index (χ2n) is 34.3. The third kappa shape index (κ3) is 17.5. The number of aromatic nitrogens is 5. The summed E-state index contributed by atoms with van der Waals surface area (Å²) in [6, 6.07) is 101. The van der Waals surface area contributed by atoms with Gasteiger partial charge in [-0.1, -0.05) is 348 Å². The summed E-state index contributed by atoms with van der Waals surface area (Å²) in [4.78, 5) is 98.9. The molecule has 0 aliphatic carbocycles. The molecule has 22 heteroatoms. The zero-order valence-corrected chi connectivity index (χ0v) is 75.1. The van der Waals surface area contributed by atoms with Crippen molar-refractivity contribution < 1.29 is 49.5 Å². The number of aromatic amines is 5. The van der Waals surface area contributed by atoms with Crippen LogP contribution in [0.1, 0.15) is 164 Å². The summed E-state index contributed by atoms with van der Waals surface area (Å²) in [5, 5.41) is 53.6. The first-order valence-electron chi connectivity index (χ1n) is 43.4. The van der Waals surface area contributed by atoms with Crippen LogP contribution >= 0.6 is 23.2 Å². The molecule has 17 aromatic rings. The molecule has 10 N–H and O–H groups in total. The molecule has 5 aliphatic heterocycles. The predicted molar refractivity (Wildman–Crippen MR) is 529 cm³/mol. The average Bonchev–Trinajstić information content (AvgIpc) is 1.61. The maximum Gasteiger partial charge on any atom is 0.280 e. The molecule has 0 saturated carbocycles. The van der Waals surface area contributed by atoms with Crippen LogP contribution in [0.4, 0.5) is 0 Å². The van der Waals surface area contributed by atoms with Gasteiger partial charge in [0.05, 0.1) is 113 Å². The van der Waals surface area contributed by atoms with Gasteiger partial charge in [0.1, 0.15) is 0 Å². The highest BCUT2D eigenvalue weighted by Gasteiger charge is 2.39. The van der Waals surface area contributed by atoms with Gasteiger partial charge in [-0.25, -0.2) is 25.0 Å². The van der Waals surface area contributed by atoms with Gasteiger partial charge in [-0.05, 0) is 129 Å². The molecule has 12 aromatic carbocycles. The van der Waals surface area contributed by atoms with Crippen molar-refractivity contribution in [1.82, 2.24) is 24.9 Å². The molecule has 658 valence electrons. The number of halogens is 2. The van der Waals surface area contributed by atoms with Gasteiger partial charge in [-0.3, -0.25) is 24.0 Å². The fourth-order valence-corrected chi connectivity index (χ4v) is 17.3. The van der Waals surface area contributed by atoms with Crippen molar-refractivity contribution >= 4 is 81.3 Å². The largest absolute Gasteiger partial charge is 0.494 e. The van der Waals surface area contributed by atoms with Gasteiger partial charge >= 0.3 is 0 Å². The third-order valence-corrected chi connectivity index (χ3v) is 24.2. The summed E-state index contributed by atoms with van der Waals surface area (Å²) in [5.41, 5.74) is 26.9. The topological polar surface area (TPSA) is 327 Å². The lowest BCUT2D eigenvalue weighted by atomic mass is 9.85. The molecule has 5 amide bonds. The van der Waals surface area contributed by atoms with E-state index >= 15 is 0 Å². The smallest absolute Gasteiger partial charge is 0.280 e. The molecule has 134 heavy (non-hydrogen) atoms. The van der Waals surface area contributed by atoms with E-state index in [1.807, 2.05) is 232 Å². The van der Waals surface area contributed by atoms with Crippen molar-refractivity contribution in [3.8, 4) is 108 Å². The molecule has 0 bridgehead atoms. The molecule has 20 nitrogen and oxygen atoms in total. The summed E-state index contributed by atoms with van der Waals surface area (Å²) in [6.45, 7) is 14.8. The lowest BCUT2D eigenvalue weighted by Crippen LogP contribution is -2.12. The standard InChI is InChI=1S/C30H20N2O2.C26H28N2O2.C20H16N2O2.C18H10Cl2N2O2.C18H12N2O2/c33-29-25-26(28(32-29)24-17-13-22(14-18-24)20-9-5-2-6-10-20)30(34)31-27(25)23-15-11-21(12-16-23)19-7-3-1-4-8-19;1-15(2)12-16-8-6-9-17(13-16)22-20-21(25(30)27-22)23(28-24(20)29)18-10-7-11-19(14-18)26(3,4)5;1-11-3-7-13(8-4-11)17-15-16(20(24)21-17)18(22-19(15)23)14-9-5-12(2)6-10-14;19-11-5-1-9(2-6-11)15-13-14(18(24)21-15)16(22-17(13)23)10-3-7-12(20)8-4-10;21-17-13-14(16(20-17)12-9-5-2-6-10-12)18(22)19-15(13)11-7-3-1-4-8-11/h1-18,31,34H;6-11,13-15,27,30H,12H2,1-5H3;3-10,21,24H,1-2H3;1-8,21,24H;1-10,19,22H. The fraction of sp³-hybridized carbons (Fsp3) is 0.0893. The number of nitrogens with one attached hydrogen (secondary N) is 5. The van der Waals surface area contributed by atoms with E-state index in [9.17, 15) is 49.5 Å². The Labute approximate surface area is 781 Å². The van der Waals surface area contributed by atoms with Crippen LogP contribution in [0.15, 0.2) is 340 Å². The third-order valence-electron chi connectivity index (χ3n) is 23.7. The van der Waals surface area contributed by atoms with E-state index in [0.717, 1.165) is 95.4 Å². The Morgan fingerprint density at radius 2 is 0.493 bits per heavy atom. The summed E-state index contributed by atoms with van der Waals surface area (Å²) in [7, 11) is 0. The van der Waals surface area contributed by atoms with Crippen LogP contribution in [-0.2, 0) is 11.8 Å². The molecule has 22 rings (SSSR count). The zero-order valence-electron chi connectivity index (χ0n) is 73.6. The number of H-pyrrole nitrogens is 5. The second-order valence-corrected chi connectivity index (χ2v) is 35.2. The number of benzene rings is 12. The Hall–Kier alpha value is -16.7. The van der Waals surface area contributed by atoms with Crippen LogP contribution in [0.3, 0.4) is 0 Å². The van der Waals surface area contributed by atoms with Crippen LogP contribution in [0.5, 0.6) is 29.4 Å². The van der Waals surface area contributed by atoms with Crippen LogP contribution in [0.25, 0.3) is 78.5 Å². The van der Waals surface area contributed by atoms with Gasteiger partial charge in [0, 0.05) is 37.9 Å². The molecule has 5 aliphatic rings. The number of fused-ring (bicyclic) bond motifs is 5. The van der Waals surface area contributed by atoms with Crippen molar-refractivity contribution in [3.05, 3.63) is 431 Å². The normalized spacial score (nSPS) is 13.1. The molecule has 0 atom stereocenters. The minimum absolute atomic E-state index is 0.0139. The van der Waals surface area contributed by atoms with E-state index in [1.165, 1.54) is 5.56 Å². The summed E-state index contributed by atoms with van der Waals surface area (Å²) in [6.07, 6.45) is 0.956. The number of carbonyl (C=O) groups is 5. The highest BCUT2D eigenvalue weighted by Crippen LogP contribution is 2.45. The van der Waals surface area contributed by atoms with Gasteiger partial charge in [0.25, 0.3) is 29.5 Å². The van der Waals surface area contributed by atoms with Gasteiger partial charge in [-0.15, -0.1) is 0 Å². The lowest BCUT2D eigenvalue weighted by Gasteiger charge is -2.19. The molecule has 0 spiro atoms. The minimum atomic E-state index is -0.392. The van der Waals surface area contributed by atoms with Crippen molar-refractivity contribution in [2.45, 2.75) is 60.3 Å². The maximum atomic E-state index is 12.9. The summed E-state index contributed by atoms with van der Waals surface area (Å²) >= 11 is 11.8. The van der Waals surface area contributed by atoms with E-state index in [2.05, 4.69) is 133 Å². The average molecular weight is 1800 g/mol. The number of hydrogen-bond acceptors (Lipinski definition) is 10. The Bertz CT molecular complexity index is 7480. The number of aryl methyl sites for hydroxylation is 2. The molecule has 0 unspecified atom stereocenters.